The monoisotopic (exact) mass is 532 g/mol. The van der Waals surface area contributed by atoms with Gasteiger partial charge in [-0.1, -0.05) is 48.9 Å². The Morgan fingerprint density at radius 1 is 1.13 bits per heavy atom. The molecule has 1 heterocycles. The lowest BCUT2D eigenvalue weighted by Gasteiger charge is -2.41. The molecule has 1 fully saturated rings. The molecule has 1 aliphatic carbocycles. The molecule has 4 rings (SSSR count). The maximum Gasteiger partial charge on any atom is 0.190 e. The van der Waals surface area contributed by atoms with E-state index < -0.39 is 10.8 Å². The van der Waals surface area contributed by atoms with Crippen molar-refractivity contribution in [1.29, 1.82) is 0 Å². The van der Waals surface area contributed by atoms with Crippen LogP contribution in [0.1, 0.15) is 60.5 Å². The summed E-state index contributed by atoms with van der Waals surface area (Å²) in [6.45, 7) is 6.10. The van der Waals surface area contributed by atoms with Crippen LogP contribution in [0, 0.1) is 24.1 Å². The summed E-state index contributed by atoms with van der Waals surface area (Å²) in [6, 6.07) is 11.2. The van der Waals surface area contributed by atoms with Crippen molar-refractivity contribution in [2.45, 2.75) is 51.4 Å². The van der Waals surface area contributed by atoms with Gasteiger partial charge in [0.1, 0.15) is 11.6 Å². The minimum Gasteiger partial charge on any atom is -0.508 e. The third kappa shape index (κ3) is 6.07. The molecule has 3 atom stereocenters. The average Bonchev–Trinajstić information content (AvgIpc) is 2.93. The van der Waals surface area contributed by atoms with Crippen molar-refractivity contribution in [3.05, 3.63) is 88.8 Å². The molecule has 0 saturated carbocycles. The van der Waals surface area contributed by atoms with Gasteiger partial charge in [-0.25, -0.2) is 4.39 Å². The van der Waals surface area contributed by atoms with Gasteiger partial charge in [0.15, 0.2) is 11.6 Å². The molecule has 0 spiro atoms. The molecule has 5 nitrogen and oxygen atoms in total. The van der Waals surface area contributed by atoms with Gasteiger partial charge in [0, 0.05) is 29.0 Å². The number of rotatable bonds is 10. The molecule has 2 aliphatic rings. The van der Waals surface area contributed by atoms with Crippen molar-refractivity contribution in [3.63, 3.8) is 0 Å². The van der Waals surface area contributed by atoms with Gasteiger partial charge in [-0.2, -0.15) is 0 Å². The van der Waals surface area contributed by atoms with E-state index in [9.17, 15) is 19.1 Å². The Morgan fingerprint density at radius 3 is 2.59 bits per heavy atom. The molecule has 1 unspecified atom stereocenters. The number of Topliss-reactive ketones (excluding diaryl/α,β-unsaturated/α-hetero) is 2. The van der Waals surface area contributed by atoms with E-state index in [4.69, 9.17) is 0 Å². The molecule has 0 bridgehead atoms. The molecule has 2 aromatic rings. The van der Waals surface area contributed by atoms with E-state index in [1.165, 1.54) is 18.2 Å². The molecule has 208 valence electrons. The molecular weight excluding hydrogens is 491 g/mol. The number of nitrogens with zero attached hydrogens (tertiary/aromatic N) is 1. The lowest BCUT2D eigenvalue weighted by atomic mass is 9.61. The SMILES string of the molecule is Cc1c(F)cccc1[C@@]1(C)C=CC(CCCCN(C)C)(C(=O)[C@H]2CCCNC2)C=C1C(=O)c1cccc(O)c1. The van der Waals surface area contributed by atoms with E-state index in [1.807, 2.05) is 45.3 Å². The molecular formula is C33H41FN2O3. The van der Waals surface area contributed by atoms with Crippen LogP contribution in [-0.4, -0.2) is 55.3 Å². The average molecular weight is 533 g/mol. The Kier molecular flexibility index (Phi) is 8.87. The number of benzene rings is 2. The predicted molar refractivity (Wildman–Crippen MR) is 154 cm³/mol. The van der Waals surface area contributed by atoms with Crippen molar-refractivity contribution in [3.8, 4) is 5.75 Å². The number of aromatic hydroxyl groups is 1. The normalized spacial score (nSPS) is 25.0. The second-order valence-corrected chi connectivity index (χ2v) is 11.6. The van der Waals surface area contributed by atoms with Gasteiger partial charge in [-0.05, 0) is 96.0 Å². The minimum atomic E-state index is -0.951. The van der Waals surface area contributed by atoms with E-state index in [0.717, 1.165) is 38.8 Å². The highest BCUT2D eigenvalue weighted by molar-refractivity contribution is 6.12. The van der Waals surface area contributed by atoms with Gasteiger partial charge in [0.05, 0.1) is 5.41 Å². The van der Waals surface area contributed by atoms with Gasteiger partial charge in [-0.3, -0.25) is 9.59 Å². The quantitative estimate of drug-likeness (QED) is 0.231. The molecule has 0 aromatic heterocycles. The smallest absolute Gasteiger partial charge is 0.190 e. The molecule has 6 heteroatoms. The summed E-state index contributed by atoms with van der Waals surface area (Å²) in [5.74, 6) is -0.610. The number of phenolic OH excluding ortho intramolecular Hbond substituents is 1. The summed E-state index contributed by atoms with van der Waals surface area (Å²) in [5, 5.41) is 13.5. The fourth-order valence-electron chi connectivity index (χ4n) is 6.10. The highest BCUT2D eigenvalue weighted by Crippen LogP contribution is 2.47. The third-order valence-corrected chi connectivity index (χ3v) is 8.43. The Balaban J connectivity index is 1.86. The predicted octanol–water partition coefficient (Wildman–Crippen LogP) is 5.76. The number of ketones is 2. The summed E-state index contributed by atoms with van der Waals surface area (Å²) in [7, 11) is 4.07. The second kappa shape index (κ2) is 12.0. The van der Waals surface area contributed by atoms with E-state index in [0.29, 0.717) is 35.2 Å². The van der Waals surface area contributed by atoms with Gasteiger partial charge in [0.25, 0.3) is 0 Å². The minimum absolute atomic E-state index is 0.00394. The molecule has 39 heavy (non-hydrogen) atoms. The summed E-state index contributed by atoms with van der Waals surface area (Å²) < 4.78 is 14.8. The highest BCUT2D eigenvalue weighted by atomic mass is 19.1. The number of phenols is 1. The zero-order valence-corrected chi connectivity index (χ0v) is 23.6. The zero-order chi connectivity index (χ0) is 28.2. The first-order valence-electron chi connectivity index (χ1n) is 14.0. The summed E-state index contributed by atoms with van der Waals surface area (Å²) in [4.78, 5) is 30.6. The largest absolute Gasteiger partial charge is 0.508 e. The van der Waals surface area contributed by atoms with Crippen molar-refractivity contribution in [2.24, 2.45) is 11.3 Å². The fraction of sp³-hybridized carbons (Fsp3) is 0.455. The zero-order valence-electron chi connectivity index (χ0n) is 23.6. The summed E-state index contributed by atoms with van der Waals surface area (Å²) >= 11 is 0. The lowest BCUT2D eigenvalue weighted by molar-refractivity contribution is -0.129. The molecule has 2 N–H and O–H groups in total. The standard InChI is InChI=1S/C33H41FN2O3/c1-23-27(13-8-14-29(23)34)32(2)16-17-33(15-5-6-19-36(3)4,31(39)25-11-9-18-35-22-25)21-28(32)30(38)24-10-7-12-26(37)20-24/h7-8,10,12-14,16-17,20-21,25,35,37H,5-6,9,11,15,18-19,22H2,1-4H3/t25-,32+,33?/m0/s1. The summed E-state index contributed by atoms with van der Waals surface area (Å²) in [6.07, 6.45) is 9.95. The maximum atomic E-state index is 14.8. The van der Waals surface area contributed by atoms with Crippen LogP contribution < -0.4 is 5.32 Å². The summed E-state index contributed by atoms with van der Waals surface area (Å²) in [5.41, 5.74) is 0.0529. The van der Waals surface area contributed by atoms with Crippen LogP contribution in [0.15, 0.2) is 66.3 Å². The number of carbonyl (C=O) groups excluding carboxylic acids is 2. The molecule has 0 radical (unpaired) electrons. The fourth-order valence-corrected chi connectivity index (χ4v) is 6.10. The van der Waals surface area contributed by atoms with Gasteiger partial charge >= 0.3 is 0 Å². The number of piperidine rings is 1. The van der Waals surface area contributed by atoms with Crippen LogP contribution in [0.4, 0.5) is 4.39 Å². The third-order valence-electron chi connectivity index (χ3n) is 8.43. The topological polar surface area (TPSA) is 69.6 Å². The number of unbranched alkanes of at least 4 members (excludes halogenated alkanes) is 1. The Bertz CT molecular complexity index is 1280. The second-order valence-electron chi connectivity index (χ2n) is 11.6. The van der Waals surface area contributed by atoms with Crippen LogP contribution in [0.2, 0.25) is 0 Å². The van der Waals surface area contributed by atoms with Crippen molar-refractivity contribution in [1.82, 2.24) is 10.2 Å². The Morgan fingerprint density at radius 2 is 1.90 bits per heavy atom. The maximum absolute atomic E-state index is 14.8. The van der Waals surface area contributed by atoms with Crippen LogP contribution in [-0.2, 0) is 10.2 Å². The number of hydrogen-bond donors (Lipinski definition) is 2. The van der Waals surface area contributed by atoms with Crippen LogP contribution in [0.25, 0.3) is 0 Å². The lowest BCUT2D eigenvalue weighted by Crippen LogP contribution is -2.44. The van der Waals surface area contributed by atoms with Crippen LogP contribution in [0.5, 0.6) is 5.75 Å². The van der Waals surface area contributed by atoms with E-state index in [1.54, 1.807) is 25.1 Å². The Hall–Kier alpha value is -3.09. The molecule has 1 aliphatic heterocycles. The molecule has 0 amide bonds. The highest BCUT2D eigenvalue weighted by Gasteiger charge is 2.46. The Labute approximate surface area is 231 Å². The van der Waals surface area contributed by atoms with Crippen molar-refractivity contribution in [2.75, 3.05) is 33.7 Å². The first-order chi connectivity index (χ1) is 18.6. The van der Waals surface area contributed by atoms with E-state index >= 15 is 0 Å². The number of halogens is 1. The van der Waals surface area contributed by atoms with Gasteiger partial charge in [0.2, 0.25) is 0 Å². The van der Waals surface area contributed by atoms with Crippen molar-refractivity contribution >= 4 is 11.6 Å². The van der Waals surface area contributed by atoms with E-state index in [-0.39, 0.29) is 29.1 Å². The number of nitrogens with one attached hydrogen (secondary N) is 1. The first-order valence-corrected chi connectivity index (χ1v) is 14.0. The molecule has 2 aromatic carbocycles. The van der Waals surface area contributed by atoms with Gasteiger partial charge in [-0.15, -0.1) is 0 Å². The van der Waals surface area contributed by atoms with Crippen LogP contribution in [0.3, 0.4) is 0 Å². The number of carbonyl (C=O) groups is 2. The van der Waals surface area contributed by atoms with Crippen LogP contribution >= 0.6 is 0 Å². The van der Waals surface area contributed by atoms with Crippen molar-refractivity contribution < 1.29 is 19.1 Å². The van der Waals surface area contributed by atoms with Gasteiger partial charge < -0.3 is 15.3 Å². The van der Waals surface area contributed by atoms with E-state index in [2.05, 4.69) is 10.2 Å². The number of allylic oxidation sites excluding steroid dienone is 4. The molecule has 1 saturated heterocycles. The number of hydrogen-bond acceptors (Lipinski definition) is 5. The first kappa shape index (κ1) is 28.9.